The Morgan fingerprint density at radius 2 is 1.65 bits per heavy atom. The lowest BCUT2D eigenvalue weighted by atomic mass is 10.1. The average molecular weight is 523 g/mol. The average Bonchev–Trinajstić information content (AvgIpc) is 3.62. The SMILES string of the molecule is O=C(Cc1ccccc1)Nc1cncc(-c2ccc3[nH]nc(-c4cc5c(-c6ccncc6)cncc5[nH]4)c3n2)c1. The Bertz CT molecular complexity index is 1980. The highest BCUT2D eigenvalue weighted by molar-refractivity contribution is 6.00. The third-order valence-corrected chi connectivity index (χ3v) is 6.73. The number of hydrogen-bond acceptors (Lipinski definition) is 6. The Hall–Kier alpha value is -5.70. The molecule has 0 aliphatic carbocycles. The molecule has 6 aromatic heterocycles. The molecule has 0 bridgehead atoms. The molecule has 9 heteroatoms. The van der Waals surface area contributed by atoms with Crippen LogP contribution in [0, 0.1) is 0 Å². The maximum absolute atomic E-state index is 12.6. The first kappa shape index (κ1) is 23.4. The molecule has 0 fully saturated rings. The van der Waals surface area contributed by atoms with Gasteiger partial charge < -0.3 is 10.3 Å². The first-order valence-corrected chi connectivity index (χ1v) is 12.7. The summed E-state index contributed by atoms with van der Waals surface area (Å²) in [6, 6.07) is 21.4. The number of carbonyl (C=O) groups is 1. The fourth-order valence-electron chi connectivity index (χ4n) is 4.82. The van der Waals surface area contributed by atoms with Crippen LogP contribution in [-0.4, -0.2) is 41.0 Å². The van der Waals surface area contributed by atoms with Crippen molar-refractivity contribution < 1.29 is 4.79 Å². The highest BCUT2D eigenvalue weighted by Crippen LogP contribution is 2.33. The normalized spacial score (nSPS) is 11.2. The van der Waals surface area contributed by atoms with Crippen LogP contribution in [0.5, 0.6) is 0 Å². The van der Waals surface area contributed by atoms with Crippen molar-refractivity contribution in [2.45, 2.75) is 6.42 Å². The van der Waals surface area contributed by atoms with Crippen LogP contribution in [0.15, 0.2) is 104 Å². The minimum atomic E-state index is -0.106. The van der Waals surface area contributed by atoms with E-state index in [0.717, 1.165) is 55.6 Å². The van der Waals surface area contributed by atoms with Gasteiger partial charge in [0.1, 0.15) is 11.2 Å². The van der Waals surface area contributed by atoms with E-state index in [-0.39, 0.29) is 12.3 Å². The van der Waals surface area contributed by atoms with Crippen LogP contribution < -0.4 is 5.32 Å². The van der Waals surface area contributed by atoms with Crippen molar-refractivity contribution in [3.8, 4) is 33.8 Å². The number of nitrogens with one attached hydrogen (secondary N) is 3. The summed E-state index contributed by atoms with van der Waals surface area (Å²) in [6.45, 7) is 0. The van der Waals surface area contributed by atoms with Gasteiger partial charge in [0, 0.05) is 41.3 Å². The monoisotopic (exact) mass is 522 g/mol. The Labute approximate surface area is 228 Å². The van der Waals surface area contributed by atoms with Gasteiger partial charge in [-0.3, -0.25) is 24.8 Å². The predicted octanol–water partition coefficient (Wildman–Crippen LogP) is 5.81. The summed E-state index contributed by atoms with van der Waals surface area (Å²) in [6.07, 6.45) is 10.9. The molecule has 1 aromatic carbocycles. The predicted molar refractivity (Wildman–Crippen MR) is 154 cm³/mol. The second kappa shape index (κ2) is 9.88. The molecule has 0 unspecified atom stereocenters. The minimum absolute atomic E-state index is 0.106. The summed E-state index contributed by atoms with van der Waals surface area (Å²) < 4.78 is 0. The van der Waals surface area contributed by atoms with Crippen molar-refractivity contribution in [2.24, 2.45) is 0 Å². The van der Waals surface area contributed by atoms with Gasteiger partial charge in [0.2, 0.25) is 5.91 Å². The van der Waals surface area contributed by atoms with E-state index in [2.05, 4.69) is 41.5 Å². The quantitative estimate of drug-likeness (QED) is 0.253. The lowest BCUT2D eigenvalue weighted by Gasteiger charge is -2.07. The van der Waals surface area contributed by atoms with E-state index in [1.54, 1.807) is 31.0 Å². The number of anilines is 1. The van der Waals surface area contributed by atoms with Gasteiger partial charge >= 0.3 is 0 Å². The smallest absolute Gasteiger partial charge is 0.228 e. The van der Waals surface area contributed by atoms with Crippen molar-refractivity contribution in [3.63, 3.8) is 0 Å². The molecule has 7 rings (SSSR count). The van der Waals surface area contributed by atoms with Crippen molar-refractivity contribution in [1.29, 1.82) is 0 Å². The number of rotatable bonds is 6. The van der Waals surface area contributed by atoms with Crippen molar-refractivity contribution >= 4 is 33.5 Å². The molecular weight excluding hydrogens is 500 g/mol. The molecule has 1 amide bonds. The molecule has 9 nitrogen and oxygen atoms in total. The number of aromatic amines is 2. The highest BCUT2D eigenvalue weighted by Gasteiger charge is 2.16. The molecule has 0 radical (unpaired) electrons. The summed E-state index contributed by atoms with van der Waals surface area (Å²) in [5, 5.41) is 11.6. The van der Waals surface area contributed by atoms with Crippen molar-refractivity contribution in [2.75, 3.05) is 5.32 Å². The lowest BCUT2D eigenvalue weighted by molar-refractivity contribution is -0.115. The van der Waals surface area contributed by atoms with Gasteiger partial charge in [0.25, 0.3) is 0 Å². The number of aromatic nitrogens is 7. The van der Waals surface area contributed by atoms with Crippen LogP contribution in [-0.2, 0) is 11.2 Å². The number of H-pyrrole nitrogens is 2. The summed E-state index contributed by atoms with van der Waals surface area (Å²) in [7, 11) is 0. The second-order valence-electron chi connectivity index (χ2n) is 9.40. The van der Waals surface area contributed by atoms with Gasteiger partial charge in [-0.25, -0.2) is 4.98 Å². The van der Waals surface area contributed by atoms with E-state index in [0.29, 0.717) is 11.4 Å². The Kier molecular flexibility index (Phi) is 5.78. The Morgan fingerprint density at radius 3 is 2.52 bits per heavy atom. The number of benzene rings is 1. The second-order valence-corrected chi connectivity index (χ2v) is 9.40. The first-order valence-electron chi connectivity index (χ1n) is 12.7. The first-order chi connectivity index (χ1) is 19.7. The summed E-state index contributed by atoms with van der Waals surface area (Å²) in [4.78, 5) is 33.8. The Balaban J connectivity index is 1.21. The number of amides is 1. The maximum Gasteiger partial charge on any atom is 0.228 e. The maximum atomic E-state index is 12.6. The summed E-state index contributed by atoms with van der Waals surface area (Å²) >= 11 is 0. The van der Waals surface area contributed by atoms with Crippen molar-refractivity contribution in [1.82, 2.24) is 35.1 Å². The van der Waals surface area contributed by atoms with Crippen LogP contribution in [0.1, 0.15) is 5.56 Å². The number of pyridine rings is 4. The van der Waals surface area contributed by atoms with Crippen LogP contribution in [0.2, 0.25) is 0 Å². The van der Waals surface area contributed by atoms with Crippen LogP contribution in [0.3, 0.4) is 0 Å². The molecule has 0 saturated carbocycles. The number of fused-ring (bicyclic) bond motifs is 2. The van der Waals surface area contributed by atoms with Gasteiger partial charge in [0.15, 0.2) is 0 Å². The van der Waals surface area contributed by atoms with E-state index in [1.165, 1.54) is 0 Å². The van der Waals surface area contributed by atoms with Crippen molar-refractivity contribution in [3.05, 3.63) is 109 Å². The van der Waals surface area contributed by atoms with E-state index in [1.807, 2.05) is 66.9 Å². The lowest BCUT2D eigenvalue weighted by Crippen LogP contribution is -2.14. The van der Waals surface area contributed by atoms with E-state index < -0.39 is 0 Å². The molecule has 192 valence electrons. The summed E-state index contributed by atoms with van der Waals surface area (Å²) in [5.74, 6) is -0.106. The van der Waals surface area contributed by atoms with Gasteiger partial charge in [0.05, 0.1) is 46.9 Å². The fourth-order valence-corrected chi connectivity index (χ4v) is 4.82. The van der Waals surface area contributed by atoms with E-state index in [9.17, 15) is 4.79 Å². The van der Waals surface area contributed by atoms with Gasteiger partial charge in [-0.2, -0.15) is 5.10 Å². The molecule has 40 heavy (non-hydrogen) atoms. The molecule has 0 aliphatic rings. The van der Waals surface area contributed by atoms with E-state index >= 15 is 0 Å². The largest absolute Gasteiger partial charge is 0.352 e. The molecule has 7 aromatic rings. The third-order valence-electron chi connectivity index (χ3n) is 6.73. The standard InChI is InChI=1S/C31H22N8O/c40-29(12-19-4-2-1-3-5-19)35-22-13-21(15-33-16-22)25-6-7-26-30(37-25)31(39-38-26)27-14-23-24(17-34-18-28(23)36-27)20-8-10-32-11-9-20/h1-11,13-18,36H,12H2,(H,35,40)(H,38,39). The van der Waals surface area contributed by atoms with Gasteiger partial charge in [-0.05, 0) is 47.5 Å². The number of carbonyl (C=O) groups excluding carboxylic acids is 1. The number of nitrogens with zero attached hydrogens (tertiary/aromatic N) is 5. The topological polar surface area (TPSA) is 125 Å². The molecular formula is C31H22N8O. The molecule has 0 aliphatic heterocycles. The zero-order valence-corrected chi connectivity index (χ0v) is 21.2. The fraction of sp³-hybridized carbons (Fsp3) is 0.0323. The Morgan fingerprint density at radius 1 is 0.800 bits per heavy atom. The van der Waals surface area contributed by atoms with Gasteiger partial charge in [-0.1, -0.05) is 30.3 Å². The molecule has 0 saturated heterocycles. The number of hydrogen-bond donors (Lipinski definition) is 3. The van der Waals surface area contributed by atoms with Crippen LogP contribution in [0.25, 0.3) is 55.7 Å². The highest BCUT2D eigenvalue weighted by atomic mass is 16.1. The zero-order chi connectivity index (χ0) is 26.9. The summed E-state index contributed by atoms with van der Waals surface area (Å²) in [5.41, 5.74) is 9.07. The molecule has 6 heterocycles. The molecule has 0 spiro atoms. The zero-order valence-electron chi connectivity index (χ0n) is 21.2. The van der Waals surface area contributed by atoms with E-state index in [4.69, 9.17) is 4.98 Å². The third kappa shape index (κ3) is 4.45. The van der Waals surface area contributed by atoms with Crippen LogP contribution in [0.4, 0.5) is 5.69 Å². The van der Waals surface area contributed by atoms with Crippen LogP contribution >= 0.6 is 0 Å². The molecule has 0 atom stereocenters. The molecule has 3 N–H and O–H groups in total. The van der Waals surface area contributed by atoms with Gasteiger partial charge in [-0.15, -0.1) is 0 Å². The minimum Gasteiger partial charge on any atom is -0.352 e.